The van der Waals surface area contributed by atoms with Crippen molar-refractivity contribution < 1.29 is 0 Å². The lowest BCUT2D eigenvalue weighted by Crippen LogP contribution is -2.30. The predicted molar refractivity (Wildman–Crippen MR) is 76.1 cm³/mol. The van der Waals surface area contributed by atoms with Gasteiger partial charge in [0.1, 0.15) is 5.65 Å². The molecule has 3 rings (SSSR count). The maximum Gasteiger partial charge on any atom is 0.139 e. The second kappa shape index (κ2) is 4.81. The molecule has 0 aliphatic heterocycles. The third-order valence-corrected chi connectivity index (χ3v) is 4.27. The molecule has 2 aromatic rings. The zero-order valence-electron chi connectivity index (χ0n) is 10.5. The van der Waals surface area contributed by atoms with E-state index >= 15 is 0 Å². The smallest absolute Gasteiger partial charge is 0.139 e. The van der Waals surface area contributed by atoms with Crippen molar-refractivity contribution in [1.29, 1.82) is 0 Å². The van der Waals surface area contributed by atoms with Crippen molar-refractivity contribution >= 4 is 28.3 Å². The second-order valence-electron chi connectivity index (χ2n) is 5.23. The van der Waals surface area contributed by atoms with Crippen LogP contribution in [0.1, 0.15) is 32.6 Å². The molecule has 0 radical (unpaired) electrons. The monoisotopic (exact) mass is 263 g/mol. The quantitative estimate of drug-likeness (QED) is 0.852. The molecule has 4 heteroatoms. The summed E-state index contributed by atoms with van der Waals surface area (Å²) in [5.41, 5.74) is 1.92. The Morgan fingerprint density at radius 3 is 3.06 bits per heavy atom. The molecule has 2 N–H and O–H groups in total. The van der Waals surface area contributed by atoms with E-state index in [1.807, 2.05) is 12.3 Å². The van der Waals surface area contributed by atoms with Crippen LogP contribution in [0.4, 0.5) is 5.69 Å². The van der Waals surface area contributed by atoms with Crippen molar-refractivity contribution in [2.24, 2.45) is 5.92 Å². The minimum atomic E-state index is 0.525. The fraction of sp³-hybridized carbons (Fsp3) is 0.500. The largest absolute Gasteiger partial charge is 0.380 e. The van der Waals surface area contributed by atoms with Gasteiger partial charge in [-0.25, -0.2) is 4.98 Å². The van der Waals surface area contributed by atoms with E-state index in [1.165, 1.54) is 25.7 Å². The maximum absolute atomic E-state index is 6.29. The molecule has 0 spiro atoms. The summed E-state index contributed by atoms with van der Waals surface area (Å²) in [5.74, 6) is 0.706. The summed E-state index contributed by atoms with van der Waals surface area (Å²) < 4.78 is 0. The highest BCUT2D eigenvalue weighted by Gasteiger charge is 2.22. The Labute approximate surface area is 112 Å². The molecule has 18 heavy (non-hydrogen) atoms. The number of nitrogens with one attached hydrogen (secondary N) is 2. The van der Waals surface area contributed by atoms with Crippen LogP contribution in [0.15, 0.2) is 18.5 Å². The van der Waals surface area contributed by atoms with E-state index < -0.39 is 0 Å². The van der Waals surface area contributed by atoms with Gasteiger partial charge in [0.15, 0.2) is 0 Å². The molecule has 2 heterocycles. The third-order valence-electron chi connectivity index (χ3n) is 3.98. The minimum absolute atomic E-state index is 0.525. The van der Waals surface area contributed by atoms with Gasteiger partial charge in [0.2, 0.25) is 0 Å². The van der Waals surface area contributed by atoms with E-state index in [-0.39, 0.29) is 0 Å². The number of pyridine rings is 1. The Balaban J connectivity index is 1.93. The molecule has 1 fully saturated rings. The Morgan fingerprint density at radius 1 is 1.39 bits per heavy atom. The standard InChI is InChI=1S/C14H18ClN3/c1-9-4-2-3-5-12(9)18-13-10-6-7-16-14(10)17-8-11(13)15/h6-9,12H,2-5H2,1H3,(H2,16,17,18). The molecule has 2 aromatic heterocycles. The van der Waals surface area contributed by atoms with Crippen molar-refractivity contribution in [2.75, 3.05) is 5.32 Å². The first kappa shape index (κ1) is 11.8. The van der Waals surface area contributed by atoms with Crippen molar-refractivity contribution in [3.63, 3.8) is 0 Å². The van der Waals surface area contributed by atoms with Gasteiger partial charge < -0.3 is 10.3 Å². The SMILES string of the molecule is CC1CCCCC1Nc1c(Cl)cnc2[nH]ccc12. The molecule has 1 aliphatic carbocycles. The number of aromatic nitrogens is 2. The van der Waals surface area contributed by atoms with Crippen molar-refractivity contribution in [1.82, 2.24) is 9.97 Å². The number of anilines is 1. The van der Waals surface area contributed by atoms with Crippen LogP contribution < -0.4 is 5.32 Å². The highest BCUT2D eigenvalue weighted by molar-refractivity contribution is 6.34. The fourth-order valence-corrected chi connectivity index (χ4v) is 3.05. The molecule has 2 atom stereocenters. The molecular weight excluding hydrogens is 246 g/mol. The van der Waals surface area contributed by atoms with Gasteiger partial charge in [-0.05, 0) is 24.8 Å². The van der Waals surface area contributed by atoms with Gasteiger partial charge in [-0.1, -0.05) is 31.4 Å². The summed E-state index contributed by atoms with van der Waals surface area (Å²) in [4.78, 5) is 7.41. The lowest BCUT2D eigenvalue weighted by molar-refractivity contribution is 0.350. The van der Waals surface area contributed by atoms with E-state index in [2.05, 4.69) is 22.2 Å². The number of halogens is 1. The van der Waals surface area contributed by atoms with E-state index in [0.717, 1.165) is 16.7 Å². The van der Waals surface area contributed by atoms with Crippen LogP contribution >= 0.6 is 11.6 Å². The van der Waals surface area contributed by atoms with Crippen LogP contribution in [0.5, 0.6) is 0 Å². The second-order valence-corrected chi connectivity index (χ2v) is 5.64. The molecule has 0 amide bonds. The zero-order valence-corrected chi connectivity index (χ0v) is 11.3. The van der Waals surface area contributed by atoms with Gasteiger partial charge in [-0.3, -0.25) is 0 Å². The summed E-state index contributed by atoms with van der Waals surface area (Å²) >= 11 is 6.29. The molecule has 1 aliphatic rings. The van der Waals surface area contributed by atoms with E-state index in [9.17, 15) is 0 Å². The molecule has 96 valence electrons. The number of aromatic amines is 1. The summed E-state index contributed by atoms with van der Waals surface area (Å²) in [5, 5.41) is 5.43. The lowest BCUT2D eigenvalue weighted by Gasteiger charge is -2.30. The molecule has 1 saturated carbocycles. The van der Waals surface area contributed by atoms with E-state index in [0.29, 0.717) is 17.0 Å². The highest BCUT2D eigenvalue weighted by atomic mass is 35.5. The van der Waals surface area contributed by atoms with E-state index in [1.54, 1.807) is 6.20 Å². The number of H-pyrrole nitrogens is 1. The average molecular weight is 264 g/mol. The Bertz CT molecular complexity index is 549. The van der Waals surface area contributed by atoms with Gasteiger partial charge in [0, 0.05) is 17.6 Å². The maximum atomic E-state index is 6.29. The minimum Gasteiger partial charge on any atom is -0.380 e. The van der Waals surface area contributed by atoms with Gasteiger partial charge in [-0.15, -0.1) is 0 Å². The van der Waals surface area contributed by atoms with Gasteiger partial charge in [0.25, 0.3) is 0 Å². The van der Waals surface area contributed by atoms with Gasteiger partial charge >= 0.3 is 0 Å². The molecule has 0 bridgehead atoms. The number of fused-ring (bicyclic) bond motifs is 1. The molecule has 2 unspecified atom stereocenters. The molecular formula is C14H18ClN3. The van der Waals surface area contributed by atoms with Crippen molar-refractivity contribution in [3.05, 3.63) is 23.5 Å². The number of nitrogens with zero attached hydrogens (tertiary/aromatic N) is 1. The van der Waals surface area contributed by atoms with Crippen LogP contribution in [0.2, 0.25) is 5.02 Å². The normalized spacial score (nSPS) is 24.3. The first-order chi connectivity index (χ1) is 8.75. The Morgan fingerprint density at radius 2 is 2.22 bits per heavy atom. The average Bonchev–Trinajstić information content (AvgIpc) is 2.83. The number of rotatable bonds is 2. The topological polar surface area (TPSA) is 40.7 Å². The number of hydrogen-bond donors (Lipinski definition) is 2. The van der Waals surface area contributed by atoms with Crippen LogP contribution in [0, 0.1) is 5.92 Å². The van der Waals surface area contributed by atoms with Crippen LogP contribution in [0.3, 0.4) is 0 Å². The van der Waals surface area contributed by atoms with Gasteiger partial charge in [0.05, 0.1) is 16.9 Å². The zero-order chi connectivity index (χ0) is 12.5. The summed E-state index contributed by atoms with van der Waals surface area (Å²) in [6.45, 7) is 2.32. The van der Waals surface area contributed by atoms with E-state index in [4.69, 9.17) is 11.6 Å². The Kier molecular flexibility index (Phi) is 3.16. The first-order valence-electron chi connectivity index (χ1n) is 6.64. The fourth-order valence-electron chi connectivity index (χ4n) is 2.85. The molecule has 3 nitrogen and oxygen atoms in total. The third kappa shape index (κ3) is 2.07. The highest BCUT2D eigenvalue weighted by Crippen LogP contribution is 2.33. The number of hydrogen-bond acceptors (Lipinski definition) is 2. The first-order valence-corrected chi connectivity index (χ1v) is 7.01. The van der Waals surface area contributed by atoms with Crippen molar-refractivity contribution in [2.45, 2.75) is 38.6 Å². The lowest BCUT2D eigenvalue weighted by atomic mass is 9.86. The van der Waals surface area contributed by atoms with Crippen LogP contribution in [0.25, 0.3) is 11.0 Å². The summed E-state index contributed by atoms with van der Waals surface area (Å²) in [6.07, 6.45) is 8.81. The summed E-state index contributed by atoms with van der Waals surface area (Å²) in [6, 6.07) is 2.56. The Hall–Kier alpha value is -1.22. The molecule has 0 aromatic carbocycles. The van der Waals surface area contributed by atoms with Crippen LogP contribution in [-0.4, -0.2) is 16.0 Å². The summed E-state index contributed by atoms with van der Waals surface area (Å²) in [7, 11) is 0. The van der Waals surface area contributed by atoms with Crippen LogP contribution in [-0.2, 0) is 0 Å². The molecule has 0 saturated heterocycles. The van der Waals surface area contributed by atoms with Gasteiger partial charge in [-0.2, -0.15) is 0 Å². The predicted octanol–water partition coefficient (Wildman–Crippen LogP) is 4.21. The van der Waals surface area contributed by atoms with Crippen molar-refractivity contribution in [3.8, 4) is 0 Å².